The third kappa shape index (κ3) is 5.77. The van der Waals surface area contributed by atoms with Crippen LogP contribution < -0.4 is 10.2 Å². The molecule has 2 aromatic carbocycles. The van der Waals surface area contributed by atoms with E-state index in [4.69, 9.17) is 14.2 Å². The molecule has 0 spiro atoms. The van der Waals surface area contributed by atoms with Gasteiger partial charge in [0.15, 0.2) is 0 Å². The number of fused-ring (bicyclic) bond motifs is 1. The Bertz CT molecular complexity index is 1030. The van der Waals surface area contributed by atoms with Gasteiger partial charge in [-0.1, -0.05) is 30.3 Å². The van der Waals surface area contributed by atoms with Crippen molar-refractivity contribution in [1.82, 2.24) is 4.90 Å². The van der Waals surface area contributed by atoms with E-state index in [1.165, 1.54) is 6.07 Å². The number of rotatable bonds is 4. The van der Waals surface area contributed by atoms with Crippen molar-refractivity contribution in [2.45, 2.75) is 45.1 Å². The number of benzene rings is 2. The Morgan fingerprint density at radius 1 is 1.15 bits per heavy atom. The number of morpholine rings is 1. The maximum absolute atomic E-state index is 15.0. The van der Waals surface area contributed by atoms with Crippen LogP contribution in [0.2, 0.25) is 0 Å². The first-order chi connectivity index (χ1) is 16.2. The van der Waals surface area contributed by atoms with E-state index in [0.29, 0.717) is 37.6 Å². The minimum Gasteiger partial charge on any atom is -0.444 e. The zero-order chi connectivity index (χ0) is 24.3. The number of ether oxygens (including phenoxy) is 3. The molecule has 0 radical (unpaired) electrons. The van der Waals surface area contributed by atoms with E-state index >= 15 is 0 Å². The molecule has 182 valence electrons. The summed E-state index contributed by atoms with van der Waals surface area (Å²) in [4.78, 5) is 28.3. The van der Waals surface area contributed by atoms with Crippen LogP contribution in [0.5, 0.6) is 0 Å². The van der Waals surface area contributed by atoms with Crippen molar-refractivity contribution in [3.05, 3.63) is 59.9 Å². The fourth-order valence-electron chi connectivity index (χ4n) is 4.15. The molecule has 0 aromatic heterocycles. The number of hydrogen-bond donors (Lipinski definition) is 1. The van der Waals surface area contributed by atoms with Gasteiger partial charge in [0.25, 0.3) is 0 Å². The molecule has 34 heavy (non-hydrogen) atoms. The van der Waals surface area contributed by atoms with E-state index in [2.05, 4.69) is 5.32 Å². The van der Waals surface area contributed by atoms with Crippen LogP contribution in [0.3, 0.4) is 0 Å². The smallest absolute Gasteiger partial charge is 0.411 e. The minimum atomic E-state index is -0.662. The maximum atomic E-state index is 15.0. The first-order valence-electron chi connectivity index (χ1n) is 11.3. The van der Waals surface area contributed by atoms with E-state index in [1.807, 2.05) is 56.0 Å². The summed E-state index contributed by atoms with van der Waals surface area (Å²) < 4.78 is 31.6. The van der Waals surface area contributed by atoms with Crippen LogP contribution >= 0.6 is 0 Å². The average molecular weight is 472 g/mol. The molecule has 2 aromatic rings. The lowest BCUT2D eigenvalue weighted by atomic mass is 10.1. The third-order valence-corrected chi connectivity index (χ3v) is 5.68. The highest BCUT2D eigenvalue weighted by atomic mass is 19.1. The summed E-state index contributed by atoms with van der Waals surface area (Å²) in [5.74, 6) is -0.483. The lowest BCUT2D eigenvalue weighted by Crippen LogP contribution is -2.54. The molecule has 0 bridgehead atoms. The highest BCUT2D eigenvalue weighted by Gasteiger charge is 2.44. The van der Waals surface area contributed by atoms with Crippen molar-refractivity contribution in [2.24, 2.45) is 0 Å². The molecule has 0 saturated carbocycles. The largest absolute Gasteiger partial charge is 0.444 e. The average Bonchev–Trinajstić information content (AvgIpc) is 3.21. The third-order valence-electron chi connectivity index (χ3n) is 5.68. The SMILES string of the molecule is CC(C)(C)OC(=O)N1CCOC2CN(c3ccc(NC(=O)OCc4ccccc4)cc3F)CC21. The Morgan fingerprint density at radius 2 is 1.91 bits per heavy atom. The maximum Gasteiger partial charge on any atom is 0.411 e. The Kier molecular flexibility index (Phi) is 6.92. The molecule has 2 atom stereocenters. The summed E-state index contributed by atoms with van der Waals surface area (Å²) in [7, 11) is 0. The Balaban J connectivity index is 1.37. The molecule has 2 heterocycles. The van der Waals surface area contributed by atoms with Gasteiger partial charge in [0.2, 0.25) is 0 Å². The van der Waals surface area contributed by atoms with Gasteiger partial charge in [-0.3, -0.25) is 10.2 Å². The van der Waals surface area contributed by atoms with Gasteiger partial charge in [-0.05, 0) is 44.5 Å². The lowest BCUT2D eigenvalue weighted by Gasteiger charge is -2.37. The number of nitrogens with one attached hydrogen (secondary N) is 1. The monoisotopic (exact) mass is 471 g/mol. The van der Waals surface area contributed by atoms with Crippen molar-refractivity contribution < 1.29 is 28.2 Å². The lowest BCUT2D eigenvalue weighted by molar-refractivity contribution is -0.0567. The fraction of sp³-hybridized carbons (Fsp3) is 0.440. The fourth-order valence-corrected chi connectivity index (χ4v) is 4.15. The van der Waals surface area contributed by atoms with Gasteiger partial charge >= 0.3 is 12.2 Å². The van der Waals surface area contributed by atoms with Gasteiger partial charge in [0.1, 0.15) is 18.0 Å². The summed E-state index contributed by atoms with van der Waals surface area (Å²) in [5.41, 5.74) is 0.936. The predicted octanol–water partition coefficient (Wildman–Crippen LogP) is 4.40. The van der Waals surface area contributed by atoms with Crippen LogP contribution in [0.25, 0.3) is 0 Å². The second kappa shape index (κ2) is 9.89. The van der Waals surface area contributed by atoms with Crippen molar-refractivity contribution in [2.75, 3.05) is 36.5 Å². The molecule has 2 aliphatic heterocycles. The molecular weight excluding hydrogens is 441 g/mol. The highest BCUT2D eigenvalue weighted by Crippen LogP contribution is 2.31. The number of anilines is 2. The van der Waals surface area contributed by atoms with E-state index in [0.717, 1.165) is 5.56 Å². The van der Waals surface area contributed by atoms with Crippen molar-refractivity contribution in [3.8, 4) is 0 Å². The quantitative estimate of drug-likeness (QED) is 0.712. The molecule has 2 fully saturated rings. The normalized spacial score (nSPS) is 20.0. The van der Waals surface area contributed by atoms with E-state index in [-0.39, 0.29) is 24.8 Å². The van der Waals surface area contributed by atoms with E-state index < -0.39 is 17.5 Å². The van der Waals surface area contributed by atoms with Crippen LogP contribution in [0.15, 0.2) is 48.5 Å². The zero-order valence-electron chi connectivity index (χ0n) is 19.6. The summed E-state index contributed by atoms with van der Waals surface area (Å²) in [6, 6.07) is 13.6. The molecule has 2 amide bonds. The van der Waals surface area contributed by atoms with Gasteiger partial charge in [-0.25, -0.2) is 14.0 Å². The Morgan fingerprint density at radius 3 is 2.62 bits per heavy atom. The van der Waals surface area contributed by atoms with Crippen LogP contribution in [-0.4, -0.2) is 61.1 Å². The van der Waals surface area contributed by atoms with Crippen molar-refractivity contribution in [1.29, 1.82) is 0 Å². The summed E-state index contributed by atoms with van der Waals surface area (Å²) >= 11 is 0. The van der Waals surface area contributed by atoms with Crippen LogP contribution in [0, 0.1) is 5.82 Å². The number of hydrogen-bond acceptors (Lipinski definition) is 6. The molecule has 0 aliphatic carbocycles. The summed E-state index contributed by atoms with van der Waals surface area (Å²) in [6.07, 6.45) is -1.28. The first kappa shape index (κ1) is 23.8. The molecule has 9 heteroatoms. The summed E-state index contributed by atoms with van der Waals surface area (Å²) in [5, 5.41) is 2.55. The number of carbonyl (C=O) groups excluding carboxylic acids is 2. The summed E-state index contributed by atoms with van der Waals surface area (Å²) in [6.45, 7) is 7.31. The molecule has 2 saturated heterocycles. The molecular formula is C25H30FN3O5. The molecule has 8 nitrogen and oxygen atoms in total. The van der Waals surface area contributed by atoms with Gasteiger partial charge < -0.3 is 19.1 Å². The van der Waals surface area contributed by atoms with Crippen LogP contribution in [0.4, 0.5) is 25.4 Å². The molecule has 4 rings (SSSR count). The number of halogens is 1. The topological polar surface area (TPSA) is 80.3 Å². The Hall–Kier alpha value is -3.33. The van der Waals surface area contributed by atoms with E-state index in [9.17, 15) is 14.0 Å². The highest BCUT2D eigenvalue weighted by molar-refractivity contribution is 5.85. The minimum absolute atomic E-state index is 0.123. The standard InChI is InChI=1S/C25H30FN3O5/c1-25(2,3)34-24(31)29-11-12-32-22-15-28(14-21(22)29)20-10-9-18(13-19(20)26)27-23(30)33-16-17-7-5-4-6-8-17/h4-10,13,21-22H,11-12,14-16H2,1-3H3,(H,27,30). The Labute approximate surface area is 198 Å². The van der Waals surface area contributed by atoms with Gasteiger partial charge in [0.05, 0.1) is 24.4 Å². The number of nitrogens with zero attached hydrogens (tertiary/aromatic N) is 2. The van der Waals surface area contributed by atoms with Gasteiger partial charge in [0, 0.05) is 25.3 Å². The second-order valence-corrected chi connectivity index (χ2v) is 9.41. The van der Waals surface area contributed by atoms with Crippen molar-refractivity contribution >= 4 is 23.6 Å². The van der Waals surface area contributed by atoms with Gasteiger partial charge in [-0.2, -0.15) is 0 Å². The van der Waals surface area contributed by atoms with Crippen LogP contribution in [-0.2, 0) is 20.8 Å². The zero-order valence-corrected chi connectivity index (χ0v) is 19.6. The molecule has 2 aliphatic rings. The molecule has 2 unspecified atom stereocenters. The van der Waals surface area contributed by atoms with E-state index in [1.54, 1.807) is 17.0 Å². The second-order valence-electron chi connectivity index (χ2n) is 9.41. The first-order valence-corrected chi connectivity index (χ1v) is 11.3. The van der Waals surface area contributed by atoms with Gasteiger partial charge in [-0.15, -0.1) is 0 Å². The number of carbonyl (C=O) groups is 2. The predicted molar refractivity (Wildman–Crippen MR) is 125 cm³/mol. The van der Waals surface area contributed by atoms with Crippen molar-refractivity contribution in [3.63, 3.8) is 0 Å². The number of amides is 2. The molecule has 1 N–H and O–H groups in total. The van der Waals surface area contributed by atoms with Crippen LogP contribution in [0.1, 0.15) is 26.3 Å².